The van der Waals surface area contributed by atoms with Crippen LogP contribution in [0, 0.1) is 24.2 Å². The Balaban J connectivity index is 2.14. The van der Waals surface area contributed by atoms with Gasteiger partial charge in [-0.3, -0.25) is 5.10 Å². The zero-order valence-electron chi connectivity index (χ0n) is 17.4. The van der Waals surface area contributed by atoms with Gasteiger partial charge in [-0.1, -0.05) is 13.8 Å². The van der Waals surface area contributed by atoms with Gasteiger partial charge in [-0.05, 0) is 48.7 Å². The highest BCUT2D eigenvalue weighted by Crippen LogP contribution is 2.53. The third kappa shape index (κ3) is 3.09. The second kappa shape index (κ2) is 7.37. The summed E-state index contributed by atoms with van der Waals surface area (Å²) in [5.74, 6) is -0.447. The van der Waals surface area contributed by atoms with Crippen LogP contribution in [0.3, 0.4) is 0 Å². The number of nitrogens with one attached hydrogen (secondary N) is 1. The number of ether oxygens (including phenoxy) is 1. The molecule has 10 heteroatoms. The summed E-state index contributed by atoms with van der Waals surface area (Å²) in [6.07, 6.45) is -3.20. The number of H-pyrrole nitrogens is 1. The van der Waals surface area contributed by atoms with Crippen LogP contribution in [0.2, 0.25) is 0 Å². The SMILES string of the molecule is Cc1[nH]nc2c1C(c1cc(-c3cccnn3)cc(C(F)(F)F)c1)(C(C)C)C(C#N)=C(N)O2. The highest BCUT2D eigenvalue weighted by Gasteiger charge is 2.51. The van der Waals surface area contributed by atoms with Crippen molar-refractivity contribution in [2.24, 2.45) is 11.7 Å². The van der Waals surface area contributed by atoms with Crippen LogP contribution in [0.4, 0.5) is 13.2 Å². The minimum atomic E-state index is -4.63. The molecule has 0 bridgehead atoms. The maximum Gasteiger partial charge on any atom is 0.416 e. The van der Waals surface area contributed by atoms with E-state index in [1.165, 1.54) is 6.20 Å². The first-order chi connectivity index (χ1) is 15.1. The van der Waals surface area contributed by atoms with E-state index in [1.54, 1.807) is 25.1 Å². The fourth-order valence-electron chi connectivity index (χ4n) is 4.38. The average Bonchev–Trinajstić information content (AvgIpc) is 3.12. The molecule has 0 aliphatic carbocycles. The number of nitriles is 1. The zero-order chi connectivity index (χ0) is 23.3. The second-order valence-corrected chi connectivity index (χ2v) is 7.85. The van der Waals surface area contributed by atoms with E-state index in [9.17, 15) is 18.4 Å². The van der Waals surface area contributed by atoms with Crippen molar-refractivity contribution in [1.82, 2.24) is 20.4 Å². The Hall–Kier alpha value is -3.87. The van der Waals surface area contributed by atoms with Crippen molar-refractivity contribution in [2.75, 3.05) is 0 Å². The van der Waals surface area contributed by atoms with E-state index in [-0.39, 0.29) is 40.1 Å². The fourth-order valence-corrected chi connectivity index (χ4v) is 4.38. The number of aryl methyl sites for hydroxylation is 1. The number of benzene rings is 1. The number of hydrogen-bond acceptors (Lipinski definition) is 6. The van der Waals surface area contributed by atoms with E-state index in [0.717, 1.165) is 12.1 Å². The topological polar surface area (TPSA) is 114 Å². The third-order valence-electron chi connectivity index (χ3n) is 5.72. The molecule has 7 nitrogen and oxygen atoms in total. The lowest BCUT2D eigenvalue weighted by Gasteiger charge is -2.41. The highest BCUT2D eigenvalue weighted by molar-refractivity contribution is 5.67. The van der Waals surface area contributed by atoms with E-state index in [2.05, 4.69) is 26.5 Å². The van der Waals surface area contributed by atoms with Crippen molar-refractivity contribution in [3.05, 3.63) is 70.4 Å². The first-order valence-corrected chi connectivity index (χ1v) is 9.75. The van der Waals surface area contributed by atoms with Gasteiger partial charge in [-0.25, -0.2) is 0 Å². The molecule has 164 valence electrons. The van der Waals surface area contributed by atoms with Crippen molar-refractivity contribution in [3.63, 3.8) is 0 Å². The van der Waals surface area contributed by atoms with Gasteiger partial charge in [0, 0.05) is 17.5 Å². The molecule has 1 aliphatic rings. The number of hydrogen-bond donors (Lipinski definition) is 2. The molecule has 0 saturated carbocycles. The number of aromatic nitrogens is 4. The molecule has 1 aromatic carbocycles. The number of allylic oxidation sites excluding steroid dienone is 1. The third-order valence-corrected chi connectivity index (χ3v) is 5.72. The lowest BCUT2D eigenvalue weighted by Crippen LogP contribution is -2.41. The van der Waals surface area contributed by atoms with Crippen molar-refractivity contribution in [3.8, 4) is 23.2 Å². The molecule has 2 aromatic heterocycles. The molecule has 0 saturated heterocycles. The van der Waals surface area contributed by atoms with E-state index in [0.29, 0.717) is 11.3 Å². The summed E-state index contributed by atoms with van der Waals surface area (Å²) >= 11 is 0. The molecule has 1 unspecified atom stereocenters. The van der Waals surface area contributed by atoms with Gasteiger partial charge in [0.05, 0.1) is 22.2 Å². The highest BCUT2D eigenvalue weighted by atomic mass is 19.4. The minimum Gasteiger partial charge on any atom is -0.420 e. The van der Waals surface area contributed by atoms with Crippen molar-refractivity contribution in [2.45, 2.75) is 32.4 Å². The number of fused-ring (bicyclic) bond motifs is 1. The van der Waals surface area contributed by atoms with Crippen LogP contribution in [-0.2, 0) is 11.6 Å². The summed E-state index contributed by atoms with van der Waals surface area (Å²) in [6.45, 7) is 5.35. The molecule has 4 rings (SSSR count). The molecule has 0 amide bonds. The molecular weight excluding hydrogens is 421 g/mol. The molecule has 0 fully saturated rings. The van der Waals surface area contributed by atoms with Crippen LogP contribution in [0.5, 0.6) is 5.88 Å². The summed E-state index contributed by atoms with van der Waals surface area (Å²) in [6, 6.07) is 8.89. The van der Waals surface area contributed by atoms with Gasteiger partial charge >= 0.3 is 6.18 Å². The first kappa shape index (κ1) is 21.4. The Morgan fingerprint density at radius 2 is 2.00 bits per heavy atom. The molecule has 3 aromatic rings. The van der Waals surface area contributed by atoms with Crippen molar-refractivity contribution >= 4 is 0 Å². The van der Waals surface area contributed by atoms with Gasteiger partial charge in [-0.2, -0.15) is 28.6 Å². The number of rotatable bonds is 3. The van der Waals surface area contributed by atoms with Crippen LogP contribution in [0.15, 0.2) is 48.0 Å². The van der Waals surface area contributed by atoms with E-state index in [1.807, 2.05) is 13.8 Å². The van der Waals surface area contributed by atoms with E-state index < -0.39 is 17.2 Å². The molecule has 32 heavy (non-hydrogen) atoms. The van der Waals surface area contributed by atoms with Gasteiger partial charge in [0.2, 0.25) is 11.8 Å². The quantitative estimate of drug-likeness (QED) is 0.630. The van der Waals surface area contributed by atoms with Gasteiger partial charge in [0.25, 0.3) is 0 Å². The molecule has 0 radical (unpaired) electrons. The summed E-state index contributed by atoms with van der Waals surface area (Å²) in [5, 5.41) is 24.7. The zero-order valence-corrected chi connectivity index (χ0v) is 17.4. The number of halogens is 3. The standard InChI is InChI=1S/C22H19F3N6O/c1-11(2)21(16(10-26)19(27)32-20-18(21)12(3)29-31-20)14-7-13(17-5-4-6-28-30-17)8-15(9-14)22(23,24)25/h4-9,11H,27H2,1-3H3,(H,29,31). The van der Waals surface area contributed by atoms with Crippen LogP contribution in [0.25, 0.3) is 11.3 Å². The smallest absolute Gasteiger partial charge is 0.416 e. The molecule has 3 heterocycles. The maximum atomic E-state index is 13.9. The monoisotopic (exact) mass is 440 g/mol. The van der Waals surface area contributed by atoms with Crippen molar-refractivity contribution in [1.29, 1.82) is 5.26 Å². The lowest BCUT2D eigenvalue weighted by molar-refractivity contribution is -0.137. The fraction of sp³-hybridized carbons (Fsp3) is 0.273. The predicted octanol–water partition coefficient (Wildman–Crippen LogP) is 4.22. The first-order valence-electron chi connectivity index (χ1n) is 9.75. The Labute approximate surface area is 181 Å². The van der Waals surface area contributed by atoms with Crippen LogP contribution in [0.1, 0.15) is 36.2 Å². The molecular formula is C22H19F3N6O. The number of alkyl halides is 3. The second-order valence-electron chi connectivity index (χ2n) is 7.85. The predicted molar refractivity (Wildman–Crippen MR) is 109 cm³/mol. The average molecular weight is 440 g/mol. The van der Waals surface area contributed by atoms with Crippen LogP contribution >= 0.6 is 0 Å². The van der Waals surface area contributed by atoms with Crippen molar-refractivity contribution < 1.29 is 17.9 Å². The summed E-state index contributed by atoms with van der Waals surface area (Å²) in [5.41, 5.74) is 5.64. The van der Waals surface area contributed by atoms with Gasteiger partial charge in [0.15, 0.2) is 0 Å². The number of aromatic amines is 1. The Kier molecular flexibility index (Phi) is 4.92. The number of nitrogens with two attached hydrogens (primary N) is 1. The molecule has 3 N–H and O–H groups in total. The maximum absolute atomic E-state index is 13.9. The largest absolute Gasteiger partial charge is 0.420 e. The summed E-state index contributed by atoms with van der Waals surface area (Å²) < 4.78 is 47.4. The normalized spacial score (nSPS) is 18.3. The van der Waals surface area contributed by atoms with E-state index >= 15 is 0 Å². The Bertz CT molecular complexity index is 1260. The molecule has 1 aliphatic heterocycles. The van der Waals surface area contributed by atoms with Gasteiger partial charge in [-0.15, -0.1) is 5.10 Å². The van der Waals surface area contributed by atoms with E-state index in [4.69, 9.17) is 10.5 Å². The van der Waals surface area contributed by atoms with Crippen LogP contribution < -0.4 is 10.5 Å². The summed E-state index contributed by atoms with van der Waals surface area (Å²) in [7, 11) is 0. The number of nitrogens with zero attached hydrogens (tertiary/aromatic N) is 4. The Morgan fingerprint density at radius 1 is 1.25 bits per heavy atom. The van der Waals surface area contributed by atoms with Gasteiger partial charge < -0.3 is 10.5 Å². The summed E-state index contributed by atoms with van der Waals surface area (Å²) in [4.78, 5) is 0. The van der Waals surface area contributed by atoms with Gasteiger partial charge in [0.1, 0.15) is 11.6 Å². The molecule has 0 spiro atoms. The lowest BCUT2D eigenvalue weighted by atomic mass is 9.61. The molecule has 1 atom stereocenters. The minimum absolute atomic E-state index is 0.0221. The van der Waals surface area contributed by atoms with Crippen LogP contribution in [-0.4, -0.2) is 20.4 Å². The Morgan fingerprint density at radius 3 is 2.59 bits per heavy atom.